The molecule has 1 saturated heterocycles. The Morgan fingerprint density at radius 3 is 2.93 bits per heavy atom. The Balaban J connectivity index is 1.57. The van der Waals surface area contributed by atoms with Crippen molar-refractivity contribution in [1.82, 2.24) is 15.0 Å². The second-order valence-corrected chi connectivity index (χ2v) is 6.97. The second-order valence-electron chi connectivity index (χ2n) is 6.97. The summed E-state index contributed by atoms with van der Waals surface area (Å²) in [6.07, 6.45) is 0.108. The van der Waals surface area contributed by atoms with Gasteiger partial charge in [0.1, 0.15) is 0 Å². The van der Waals surface area contributed by atoms with Crippen LogP contribution in [0.4, 0.5) is 0 Å². The van der Waals surface area contributed by atoms with E-state index in [1.807, 2.05) is 49.4 Å². The fourth-order valence-corrected chi connectivity index (χ4v) is 3.56. The van der Waals surface area contributed by atoms with Crippen LogP contribution in [0, 0.1) is 18.3 Å². The summed E-state index contributed by atoms with van der Waals surface area (Å²) in [5.41, 5.74) is 3.70. The fourth-order valence-electron chi connectivity index (χ4n) is 3.56. The van der Waals surface area contributed by atoms with E-state index in [1.165, 1.54) is 0 Å². The van der Waals surface area contributed by atoms with Crippen molar-refractivity contribution in [2.45, 2.75) is 32.0 Å². The number of benzene rings is 2. The lowest BCUT2D eigenvalue weighted by atomic mass is 10.1. The molecule has 0 spiro atoms. The van der Waals surface area contributed by atoms with Gasteiger partial charge >= 0.3 is 0 Å². The predicted molar refractivity (Wildman–Crippen MR) is 99.4 cm³/mol. The van der Waals surface area contributed by atoms with Crippen molar-refractivity contribution < 1.29 is 9.63 Å². The molecule has 3 aromatic rings. The van der Waals surface area contributed by atoms with Crippen LogP contribution in [0.3, 0.4) is 0 Å². The minimum atomic E-state index is -0.441. The molecular weight excluding hydrogens is 340 g/mol. The molecule has 4 rings (SSSR count). The molecule has 2 heterocycles. The Morgan fingerprint density at radius 2 is 2.11 bits per heavy atom. The van der Waals surface area contributed by atoms with Crippen molar-refractivity contribution >= 4 is 0 Å². The highest BCUT2D eigenvalue weighted by atomic mass is 16.5. The van der Waals surface area contributed by atoms with Crippen molar-refractivity contribution in [3.63, 3.8) is 0 Å². The lowest BCUT2D eigenvalue weighted by molar-refractivity contribution is 0.169. The molecule has 0 saturated carbocycles. The number of hydrogen-bond donors (Lipinski definition) is 1. The van der Waals surface area contributed by atoms with Gasteiger partial charge in [0.05, 0.1) is 23.8 Å². The first-order valence-electron chi connectivity index (χ1n) is 8.94. The molecule has 2 unspecified atom stereocenters. The maximum absolute atomic E-state index is 10.2. The maximum Gasteiger partial charge on any atom is 0.244 e. The number of rotatable bonds is 4. The van der Waals surface area contributed by atoms with Gasteiger partial charge in [-0.1, -0.05) is 41.1 Å². The molecule has 0 amide bonds. The largest absolute Gasteiger partial charge is 0.392 e. The number of likely N-dealkylation sites (tertiary alicyclic amines) is 1. The first-order chi connectivity index (χ1) is 13.1. The van der Waals surface area contributed by atoms with Crippen LogP contribution in [-0.2, 0) is 6.54 Å². The quantitative estimate of drug-likeness (QED) is 0.769. The highest BCUT2D eigenvalue weighted by Crippen LogP contribution is 2.33. The fraction of sp³-hybridized carbons (Fsp3) is 0.286. The first kappa shape index (κ1) is 17.4. The second kappa shape index (κ2) is 7.31. The molecule has 6 nitrogen and oxygen atoms in total. The zero-order chi connectivity index (χ0) is 18.8. The van der Waals surface area contributed by atoms with E-state index in [4.69, 9.17) is 9.78 Å². The van der Waals surface area contributed by atoms with Crippen LogP contribution in [0.5, 0.6) is 0 Å². The number of aliphatic hydroxyl groups is 1. The standard InChI is InChI=1S/C21H20N4O2/c1-14-4-2-7-17(8-14)20-23-21(27-24-20)19-10-18(26)13-25(19)12-16-6-3-5-15(9-16)11-22/h2-9,18-19,26H,10,12-13H2,1H3. The van der Waals surface area contributed by atoms with E-state index in [1.54, 1.807) is 6.07 Å². The lowest BCUT2D eigenvalue weighted by Gasteiger charge is -2.21. The molecule has 136 valence electrons. The van der Waals surface area contributed by atoms with Crippen molar-refractivity contribution in [2.24, 2.45) is 0 Å². The van der Waals surface area contributed by atoms with Crippen LogP contribution in [0.25, 0.3) is 11.4 Å². The van der Waals surface area contributed by atoms with Gasteiger partial charge in [0, 0.05) is 18.7 Å². The van der Waals surface area contributed by atoms with Crippen LogP contribution in [0.15, 0.2) is 53.1 Å². The van der Waals surface area contributed by atoms with Crippen LogP contribution < -0.4 is 0 Å². The van der Waals surface area contributed by atoms with Gasteiger partial charge in [-0.2, -0.15) is 10.2 Å². The Kier molecular flexibility index (Phi) is 4.71. The summed E-state index contributed by atoms with van der Waals surface area (Å²) in [6, 6.07) is 17.5. The monoisotopic (exact) mass is 360 g/mol. The van der Waals surface area contributed by atoms with E-state index >= 15 is 0 Å². The van der Waals surface area contributed by atoms with Gasteiger partial charge in [0.25, 0.3) is 0 Å². The number of nitrogens with zero attached hydrogens (tertiary/aromatic N) is 4. The van der Waals surface area contributed by atoms with Gasteiger partial charge in [0.2, 0.25) is 11.7 Å². The van der Waals surface area contributed by atoms with Crippen LogP contribution in [-0.4, -0.2) is 32.8 Å². The lowest BCUT2D eigenvalue weighted by Crippen LogP contribution is -2.24. The summed E-state index contributed by atoms with van der Waals surface area (Å²) >= 11 is 0. The van der Waals surface area contributed by atoms with E-state index in [9.17, 15) is 5.11 Å². The number of β-amino-alcohol motifs (C(OH)–C–C–N with tert-alkyl or cyclic N) is 1. The molecule has 1 aromatic heterocycles. The Hall–Kier alpha value is -3.01. The SMILES string of the molecule is Cc1cccc(-c2noc(C3CC(O)CN3Cc3cccc(C#N)c3)n2)c1. The summed E-state index contributed by atoms with van der Waals surface area (Å²) in [4.78, 5) is 6.70. The first-order valence-corrected chi connectivity index (χ1v) is 8.94. The zero-order valence-corrected chi connectivity index (χ0v) is 15.0. The summed E-state index contributed by atoms with van der Waals surface area (Å²) in [5, 5.41) is 23.4. The van der Waals surface area contributed by atoms with Crippen molar-refractivity contribution in [1.29, 1.82) is 5.26 Å². The smallest absolute Gasteiger partial charge is 0.244 e. The van der Waals surface area contributed by atoms with E-state index in [-0.39, 0.29) is 6.04 Å². The van der Waals surface area contributed by atoms with Crippen molar-refractivity contribution in [3.8, 4) is 17.5 Å². The summed E-state index contributed by atoms with van der Waals surface area (Å²) < 4.78 is 5.54. The van der Waals surface area contributed by atoms with Gasteiger partial charge < -0.3 is 9.63 Å². The van der Waals surface area contributed by atoms with Crippen LogP contribution >= 0.6 is 0 Å². The van der Waals surface area contributed by atoms with Crippen LogP contribution in [0.2, 0.25) is 0 Å². The molecule has 0 bridgehead atoms. The highest BCUT2D eigenvalue weighted by Gasteiger charge is 2.36. The molecular formula is C21H20N4O2. The molecule has 27 heavy (non-hydrogen) atoms. The zero-order valence-electron chi connectivity index (χ0n) is 15.0. The summed E-state index contributed by atoms with van der Waals surface area (Å²) in [5.74, 6) is 1.07. The molecule has 6 heteroatoms. The molecule has 2 aromatic carbocycles. The topological polar surface area (TPSA) is 86.2 Å². The Bertz CT molecular complexity index is 992. The number of hydrogen-bond acceptors (Lipinski definition) is 6. The van der Waals surface area contributed by atoms with Gasteiger partial charge in [0.15, 0.2) is 0 Å². The average Bonchev–Trinajstić information content (AvgIpc) is 3.28. The van der Waals surface area contributed by atoms with Crippen molar-refractivity contribution in [3.05, 3.63) is 71.1 Å². The van der Waals surface area contributed by atoms with E-state index in [0.29, 0.717) is 36.8 Å². The van der Waals surface area contributed by atoms with Gasteiger partial charge in [-0.15, -0.1) is 0 Å². The predicted octanol–water partition coefficient (Wildman–Crippen LogP) is 3.22. The van der Waals surface area contributed by atoms with Gasteiger partial charge in [-0.25, -0.2) is 0 Å². The molecule has 1 N–H and O–H groups in total. The highest BCUT2D eigenvalue weighted by molar-refractivity contribution is 5.55. The minimum Gasteiger partial charge on any atom is -0.392 e. The molecule has 0 aliphatic carbocycles. The Morgan fingerprint density at radius 1 is 1.26 bits per heavy atom. The van der Waals surface area contributed by atoms with E-state index < -0.39 is 6.10 Å². The molecule has 2 atom stereocenters. The third-order valence-corrected chi connectivity index (χ3v) is 4.83. The van der Waals surface area contributed by atoms with E-state index in [2.05, 4.69) is 21.1 Å². The normalized spacial score (nSPS) is 19.9. The minimum absolute atomic E-state index is 0.142. The number of aromatic nitrogens is 2. The molecule has 0 radical (unpaired) electrons. The third-order valence-electron chi connectivity index (χ3n) is 4.83. The molecule has 1 fully saturated rings. The number of aryl methyl sites for hydroxylation is 1. The number of aliphatic hydroxyl groups excluding tert-OH is 1. The van der Waals surface area contributed by atoms with Crippen molar-refractivity contribution in [2.75, 3.05) is 6.54 Å². The Labute approximate surface area is 157 Å². The molecule has 1 aliphatic heterocycles. The summed E-state index contributed by atoms with van der Waals surface area (Å²) in [7, 11) is 0. The van der Waals surface area contributed by atoms with E-state index in [0.717, 1.165) is 16.7 Å². The average molecular weight is 360 g/mol. The maximum atomic E-state index is 10.2. The summed E-state index contributed by atoms with van der Waals surface area (Å²) in [6.45, 7) is 3.16. The third kappa shape index (κ3) is 3.75. The molecule has 1 aliphatic rings. The number of nitriles is 1. The van der Waals surface area contributed by atoms with Gasteiger partial charge in [-0.3, -0.25) is 4.90 Å². The van der Waals surface area contributed by atoms with Crippen LogP contribution in [0.1, 0.15) is 35.0 Å². The van der Waals surface area contributed by atoms with Gasteiger partial charge in [-0.05, 0) is 37.1 Å².